The van der Waals surface area contributed by atoms with Crippen molar-refractivity contribution in [3.05, 3.63) is 23.8 Å². The summed E-state index contributed by atoms with van der Waals surface area (Å²) in [6, 6.07) is 4.14. The first-order valence-electron chi connectivity index (χ1n) is 8.50. The molecule has 0 bridgehead atoms. The zero-order valence-corrected chi connectivity index (χ0v) is 15.3. The van der Waals surface area contributed by atoms with Crippen LogP contribution >= 0.6 is 0 Å². The highest BCUT2D eigenvalue weighted by Crippen LogP contribution is 2.35. The van der Waals surface area contributed by atoms with Gasteiger partial charge in [0.2, 0.25) is 21.8 Å². The predicted molar refractivity (Wildman–Crippen MR) is 93.8 cm³/mol. The number of benzene rings is 1. The molecule has 2 aliphatic rings. The number of likely N-dealkylation sites (N-methyl/N-ethyl adjacent to an activating group) is 1. The normalized spacial score (nSPS) is 21.0. The molecule has 25 heavy (non-hydrogen) atoms. The molecule has 2 aliphatic heterocycles. The molecule has 0 saturated carbocycles. The van der Waals surface area contributed by atoms with Crippen LogP contribution in [-0.2, 0) is 26.0 Å². The maximum atomic E-state index is 12.8. The lowest BCUT2D eigenvalue weighted by Gasteiger charge is -2.26. The molecule has 0 unspecified atom stereocenters. The van der Waals surface area contributed by atoms with Gasteiger partial charge in [0.1, 0.15) is 6.04 Å². The van der Waals surface area contributed by atoms with E-state index in [0.29, 0.717) is 30.8 Å². The van der Waals surface area contributed by atoms with E-state index in [4.69, 9.17) is 0 Å². The second kappa shape index (κ2) is 6.76. The number of nitrogens with one attached hydrogen (secondary N) is 1. The highest BCUT2D eigenvalue weighted by molar-refractivity contribution is 7.89. The van der Waals surface area contributed by atoms with E-state index in [1.807, 2.05) is 0 Å². The van der Waals surface area contributed by atoms with Gasteiger partial charge >= 0.3 is 0 Å². The number of sulfonamides is 1. The standard InChI is InChI=1S/C17H23N3O4S/c1-12(21)20-15-7-6-14(10-13(15)11-16(20)17(22)18-2)25(23,24)19-8-4-3-5-9-19/h6-7,10,16H,3-5,8-9,11H2,1-2H3,(H,18,22)/t16-/m0/s1. The second-order valence-corrected chi connectivity index (χ2v) is 8.42. The molecule has 2 heterocycles. The summed E-state index contributed by atoms with van der Waals surface area (Å²) in [5, 5.41) is 2.56. The number of anilines is 1. The lowest BCUT2D eigenvalue weighted by Crippen LogP contribution is -2.46. The van der Waals surface area contributed by atoms with Crippen molar-refractivity contribution in [2.24, 2.45) is 0 Å². The lowest BCUT2D eigenvalue weighted by atomic mass is 10.1. The molecule has 8 heteroatoms. The first-order chi connectivity index (χ1) is 11.9. The molecule has 1 aromatic carbocycles. The SMILES string of the molecule is CNC(=O)[C@@H]1Cc2cc(S(=O)(=O)N3CCCCC3)ccc2N1C(C)=O. The number of rotatable bonds is 3. The van der Waals surface area contributed by atoms with Gasteiger partial charge in [0.15, 0.2) is 0 Å². The third-order valence-corrected chi connectivity index (χ3v) is 6.77. The minimum Gasteiger partial charge on any atom is -0.357 e. The fourth-order valence-corrected chi connectivity index (χ4v) is 5.18. The molecular weight excluding hydrogens is 342 g/mol. The van der Waals surface area contributed by atoms with Crippen LogP contribution in [0.1, 0.15) is 31.7 Å². The predicted octanol–water partition coefficient (Wildman–Crippen LogP) is 0.885. The topological polar surface area (TPSA) is 86.8 Å². The highest BCUT2D eigenvalue weighted by Gasteiger charge is 2.37. The quantitative estimate of drug-likeness (QED) is 0.862. The van der Waals surface area contributed by atoms with Crippen LogP contribution in [0.25, 0.3) is 0 Å². The first-order valence-corrected chi connectivity index (χ1v) is 9.94. The zero-order chi connectivity index (χ0) is 18.2. The van der Waals surface area contributed by atoms with Crippen LogP contribution in [0.3, 0.4) is 0 Å². The highest BCUT2D eigenvalue weighted by atomic mass is 32.2. The van der Waals surface area contributed by atoms with Crippen molar-refractivity contribution in [3.63, 3.8) is 0 Å². The van der Waals surface area contributed by atoms with Crippen molar-refractivity contribution in [3.8, 4) is 0 Å². The Morgan fingerprint density at radius 2 is 1.84 bits per heavy atom. The Bertz CT molecular complexity index is 800. The van der Waals surface area contributed by atoms with Gasteiger partial charge in [-0.1, -0.05) is 6.42 Å². The van der Waals surface area contributed by atoms with E-state index in [2.05, 4.69) is 5.32 Å². The summed E-state index contributed by atoms with van der Waals surface area (Å²) in [6.07, 6.45) is 3.12. The van der Waals surface area contributed by atoms with Gasteiger partial charge < -0.3 is 5.32 Å². The summed E-state index contributed by atoms with van der Waals surface area (Å²) < 4.78 is 27.2. The van der Waals surface area contributed by atoms with Gasteiger partial charge in [0, 0.05) is 39.2 Å². The van der Waals surface area contributed by atoms with Gasteiger partial charge in [-0.15, -0.1) is 0 Å². The number of nitrogens with zero attached hydrogens (tertiary/aromatic N) is 2. The summed E-state index contributed by atoms with van der Waals surface area (Å²) in [5.41, 5.74) is 1.32. The van der Waals surface area contributed by atoms with Gasteiger partial charge in [-0.05, 0) is 36.6 Å². The molecule has 0 aliphatic carbocycles. The fourth-order valence-electron chi connectivity index (χ4n) is 3.61. The average molecular weight is 365 g/mol. The van der Waals surface area contributed by atoms with E-state index in [9.17, 15) is 18.0 Å². The molecule has 0 spiro atoms. The van der Waals surface area contributed by atoms with Crippen molar-refractivity contribution in [1.82, 2.24) is 9.62 Å². The Labute approximate surface area is 148 Å². The second-order valence-electron chi connectivity index (χ2n) is 6.48. The number of hydrogen-bond acceptors (Lipinski definition) is 4. The average Bonchev–Trinajstić information content (AvgIpc) is 3.00. The first kappa shape index (κ1) is 17.9. The van der Waals surface area contributed by atoms with E-state index >= 15 is 0 Å². The van der Waals surface area contributed by atoms with Crippen LogP contribution in [0.4, 0.5) is 5.69 Å². The van der Waals surface area contributed by atoms with E-state index in [-0.39, 0.29) is 16.7 Å². The summed E-state index contributed by atoms with van der Waals surface area (Å²) in [7, 11) is -2.01. The van der Waals surface area contributed by atoms with E-state index in [1.54, 1.807) is 12.1 Å². The molecule has 2 amide bonds. The molecule has 1 N–H and O–H groups in total. The van der Waals surface area contributed by atoms with Crippen LogP contribution in [0.2, 0.25) is 0 Å². The maximum absolute atomic E-state index is 12.8. The number of amides is 2. The number of carbonyl (C=O) groups is 2. The zero-order valence-electron chi connectivity index (χ0n) is 14.5. The van der Waals surface area contributed by atoms with Gasteiger partial charge in [0.25, 0.3) is 0 Å². The molecule has 0 aromatic heterocycles. The van der Waals surface area contributed by atoms with E-state index < -0.39 is 16.1 Å². The Morgan fingerprint density at radius 3 is 2.44 bits per heavy atom. The third-order valence-electron chi connectivity index (χ3n) is 4.88. The molecular formula is C17H23N3O4S. The van der Waals surface area contributed by atoms with Gasteiger partial charge in [-0.2, -0.15) is 4.31 Å². The van der Waals surface area contributed by atoms with Gasteiger partial charge in [-0.25, -0.2) is 8.42 Å². The molecule has 136 valence electrons. The van der Waals surface area contributed by atoms with E-state index in [0.717, 1.165) is 19.3 Å². The minimum atomic E-state index is -3.54. The van der Waals surface area contributed by atoms with Crippen LogP contribution in [0.5, 0.6) is 0 Å². The molecule has 1 fully saturated rings. The molecule has 1 saturated heterocycles. The Kier molecular flexibility index (Phi) is 4.83. The molecule has 7 nitrogen and oxygen atoms in total. The van der Waals surface area contributed by atoms with Crippen molar-refractivity contribution >= 4 is 27.5 Å². The van der Waals surface area contributed by atoms with Crippen LogP contribution in [0, 0.1) is 0 Å². The molecule has 0 radical (unpaired) electrons. The van der Waals surface area contributed by atoms with Crippen molar-refractivity contribution in [2.75, 3.05) is 25.0 Å². The monoisotopic (exact) mass is 365 g/mol. The summed E-state index contributed by atoms with van der Waals surface area (Å²) in [5.74, 6) is -0.495. The van der Waals surface area contributed by atoms with E-state index in [1.165, 1.54) is 29.2 Å². The number of piperidine rings is 1. The van der Waals surface area contributed by atoms with Crippen LogP contribution < -0.4 is 10.2 Å². The van der Waals surface area contributed by atoms with Crippen LogP contribution in [-0.4, -0.2) is 50.7 Å². The molecule has 1 atom stereocenters. The van der Waals surface area contributed by atoms with Crippen molar-refractivity contribution in [2.45, 2.75) is 43.5 Å². The Balaban J connectivity index is 1.96. The van der Waals surface area contributed by atoms with Gasteiger partial charge in [0.05, 0.1) is 4.90 Å². The Hall–Kier alpha value is -1.93. The summed E-state index contributed by atoms with van der Waals surface area (Å²) in [4.78, 5) is 25.8. The largest absolute Gasteiger partial charge is 0.357 e. The minimum absolute atomic E-state index is 0.231. The molecule has 3 rings (SSSR count). The fraction of sp³-hybridized carbons (Fsp3) is 0.529. The summed E-state index contributed by atoms with van der Waals surface area (Å²) >= 11 is 0. The van der Waals surface area contributed by atoms with Crippen LogP contribution in [0.15, 0.2) is 23.1 Å². The molecule has 1 aromatic rings. The number of hydrogen-bond donors (Lipinski definition) is 1. The van der Waals surface area contributed by atoms with Crippen molar-refractivity contribution < 1.29 is 18.0 Å². The third kappa shape index (κ3) is 3.16. The number of fused-ring (bicyclic) bond motifs is 1. The summed E-state index contributed by atoms with van der Waals surface area (Å²) in [6.45, 7) is 2.49. The number of carbonyl (C=O) groups excluding carboxylic acids is 2. The van der Waals surface area contributed by atoms with Gasteiger partial charge in [-0.3, -0.25) is 14.5 Å². The smallest absolute Gasteiger partial charge is 0.243 e. The maximum Gasteiger partial charge on any atom is 0.243 e. The van der Waals surface area contributed by atoms with Crippen molar-refractivity contribution in [1.29, 1.82) is 0 Å². The Morgan fingerprint density at radius 1 is 1.16 bits per heavy atom. The lowest BCUT2D eigenvalue weighted by molar-refractivity contribution is -0.125.